The third kappa shape index (κ3) is 4.22. The third-order valence-corrected chi connectivity index (χ3v) is 3.45. The van der Waals surface area contributed by atoms with Crippen LogP contribution in [0.25, 0.3) is 0 Å². The van der Waals surface area contributed by atoms with E-state index < -0.39 is 0 Å². The Labute approximate surface area is 116 Å². The molecular formula is C18H22N. The van der Waals surface area contributed by atoms with Gasteiger partial charge in [0.1, 0.15) is 0 Å². The van der Waals surface area contributed by atoms with Crippen molar-refractivity contribution in [2.45, 2.75) is 39.8 Å². The first kappa shape index (κ1) is 13.8. The van der Waals surface area contributed by atoms with Crippen LogP contribution in [0.15, 0.2) is 48.5 Å². The van der Waals surface area contributed by atoms with Crippen molar-refractivity contribution in [1.29, 1.82) is 0 Å². The maximum Gasteiger partial charge on any atom is 0.0388 e. The van der Waals surface area contributed by atoms with Gasteiger partial charge in [0.25, 0.3) is 0 Å². The van der Waals surface area contributed by atoms with Crippen molar-refractivity contribution in [3.05, 3.63) is 70.8 Å². The molecule has 0 saturated heterocycles. The van der Waals surface area contributed by atoms with Gasteiger partial charge in [0.2, 0.25) is 0 Å². The van der Waals surface area contributed by atoms with Crippen molar-refractivity contribution in [1.82, 2.24) is 5.32 Å². The van der Waals surface area contributed by atoms with Crippen LogP contribution in [0.2, 0.25) is 0 Å². The van der Waals surface area contributed by atoms with Crippen LogP contribution in [0.1, 0.15) is 36.1 Å². The zero-order valence-electron chi connectivity index (χ0n) is 11.9. The van der Waals surface area contributed by atoms with Gasteiger partial charge in [-0.2, -0.15) is 0 Å². The molecule has 0 spiro atoms. The van der Waals surface area contributed by atoms with Crippen LogP contribution < -0.4 is 5.32 Å². The second-order valence-electron chi connectivity index (χ2n) is 4.88. The standard InChI is InChI=1S/C18H22N/c1-3-15-5-9-17(10-6-15)13-19-14-18-11-7-16(4-2)8-12-18/h5-12H,3-4,13-14H2,1-2H3. The van der Waals surface area contributed by atoms with Gasteiger partial charge in [0.15, 0.2) is 0 Å². The normalized spacial score (nSPS) is 10.6. The Morgan fingerprint density at radius 2 is 0.895 bits per heavy atom. The maximum atomic E-state index is 4.62. The van der Waals surface area contributed by atoms with Gasteiger partial charge in [0, 0.05) is 13.1 Å². The Morgan fingerprint density at radius 3 is 1.21 bits per heavy atom. The predicted octanol–water partition coefficient (Wildman–Crippen LogP) is 4.12. The lowest BCUT2D eigenvalue weighted by Gasteiger charge is -2.05. The first-order valence-corrected chi connectivity index (χ1v) is 7.10. The van der Waals surface area contributed by atoms with Crippen LogP contribution in [0.3, 0.4) is 0 Å². The smallest absolute Gasteiger partial charge is 0.0388 e. The number of rotatable bonds is 6. The van der Waals surface area contributed by atoms with Gasteiger partial charge in [-0.25, -0.2) is 5.32 Å². The number of benzene rings is 2. The fourth-order valence-corrected chi connectivity index (χ4v) is 2.07. The molecule has 0 heterocycles. The summed E-state index contributed by atoms with van der Waals surface area (Å²) in [5.74, 6) is 0. The SMILES string of the molecule is CCc1ccc(C[N]Cc2ccc(CC)cc2)cc1. The Hall–Kier alpha value is -1.60. The molecule has 0 aliphatic carbocycles. The first-order chi connectivity index (χ1) is 9.31. The Kier molecular flexibility index (Phi) is 5.17. The summed E-state index contributed by atoms with van der Waals surface area (Å²) in [5, 5.41) is 4.62. The maximum absolute atomic E-state index is 4.62. The lowest BCUT2D eigenvalue weighted by molar-refractivity contribution is 0.676. The summed E-state index contributed by atoms with van der Waals surface area (Å²) in [6.45, 7) is 5.97. The second kappa shape index (κ2) is 7.10. The Bertz CT molecular complexity index is 435. The van der Waals surface area contributed by atoms with Crippen molar-refractivity contribution in [3.8, 4) is 0 Å². The number of hydrogen-bond donors (Lipinski definition) is 0. The van der Waals surface area contributed by atoms with Crippen LogP contribution in [0.5, 0.6) is 0 Å². The molecule has 19 heavy (non-hydrogen) atoms. The van der Waals surface area contributed by atoms with Crippen LogP contribution in [0, 0.1) is 0 Å². The molecule has 2 rings (SSSR count). The topological polar surface area (TPSA) is 14.1 Å². The van der Waals surface area contributed by atoms with E-state index in [1.54, 1.807) is 0 Å². The molecule has 1 nitrogen and oxygen atoms in total. The summed E-state index contributed by atoms with van der Waals surface area (Å²) in [6, 6.07) is 17.5. The molecule has 99 valence electrons. The van der Waals surface area contributed by atoms with Gasteiger partial charge in [0.05, 0.1) is 0 Å². The van der Waals surface area contributed by atoms with E-state index in [0.717, 1.165) is 25.9 Å². The van der Waals surface area contributed by atoms with Crippen molar-refractivity contribution >= 4 is 0 Å². The highest BCUT2D eigenvalue weighted by molar-refractivity contribution is 5.24. The van der Waals surface area contributed by atoms with Crippen molar-refractivity contribution in [2.24, 2.45) is 0 Å². The molecular weight excluding hydrogens is 230 g/mol. The monoisotopic (exact) mass is 252 g/mol. The minimum absolute atomic E-state index is 0.805. The molecule has 0 amide bonds. The molecule has 0 N–H and O–H groups in total. The molecule has 0 bridgehead atoms. The van der Waals surface area contributed by atoms with Crippen LogP contribution in [-0.4, -0.2) is 0 Å². The van der Waals surface area contributed by atoms with E-state index in [2.05, 4.69) is 67.7 Å². The average Bonchev–Trinajstić information content (AvgIpc) is 2.49. The summed E-state index contributed by atoms with van der Waals surface area (Å²) in [5.41, 5.74) is 5.36. The highest BCUT2D eigenvalue weighted by Crippen LogP contribution is 2.08. The number of aryl methyl sites for hydroxylation is 2. The third-order valence-electron chi connectivity index (χ3n) is 3.45. The number of nitrogens with zero attached hydrogens (tertiary/aromatic N) is 1. The lowest BCUT2D eigenvalue weighted by Crippen LogP contribution is -2.04. The fraction of sp³-hybridized carbons (Fsp3) is 0.333. The molecule has 0 fully saturated rings. The van der Waals surface area contributed by atoms with Gasteiger partial charge in [-0.1, -0.05) is 62.4 Å². The van der Waals surface area contributed by atoms with Gasteiger partial charge in [-0.05, 0) is 35.1 Å². The summed E-state index contributed by atoms with van der Waals surface area (Å²) in [4.78, 5) is 0. The van der Waals surface area contributed by atoms with Crippen LogP contribution >= 0.6 is 0 Å². The number of hydrogen-bond acceptors (Lipinski definition) is 0. The minimum Gasteiger partial charge on any atom is -0.232 e. The minimum atomic E-state index is 0.805. The summed E-state index contributed by atoms with van der Waals surface area (Å²) >= 11 is 0. The quantitative estimate of drug-likeness (QED) is 0.734. The fourth-order valence-electron chi connectivity index (χ4n) is 2.07. The van der Waals surface area contributed by atoms with Crippen molar-refractivity contribution in [2.75, 3.05) is 0 Å². The van der Waals surface area contributed by atoms with E-state index in [0.29, 0.717) is 0 Å². The van der Waals surface area contributed by atoms with Gasteiger partial charge >= 0.3 is 0 Å². The van der Waals surface area contributed by atoms with E-state index in [4.69, 9.17) is 0 Å². The molecule has 0 aliphatic rings. The zero-order valence-corrected chi connectivity index (χ0v) is 11.9. The molecule has 0 aromatic heterocycles. The Balaban J connectivity index is 1.81. The molecule has 0 unspecified atom stereocenters. The van der Waals surface area contributed by atoms with Crippen molar-refractivity contribution in [3.63, 3.8) is 0 Å². The van der Waals surface area contributed by atoms with E-state index in [1.165, 1.54) is 22.3 Å². The summed E-state index contributed by atoms with van der Waals surface area (Å²) in [7, 11) is 0. The van der Waals surface area contributed by atoms with Crippen molar-refractivity contribution < 1.29 is 0 Å². The van der Waals surface area contributed by atoms with E-state index >= 15 is 0 Å². The summed E-state index contributed by atoms with van der Waals surface area (Å²) in [6.07, 6.45) is 2.20. The molecule has 2 aromatic carbocycles. The van der Waals surface area contributed by atoms with Gasteiger partial charge in [-0.3, -0.25) is 0 Å². The first-order valence-electron chi connectivity index (χ1n) is 7.10. The van der Waals surface area contributed by atoms with Gasteiger partial charge < -0.3 is 0 Å². The molecule has 2 aromatic rings. The molecule has 0 saturated carbocycles. The van der Waals surface area contributed by atoms with Gasteiger partial charge in [-0.15, -0.1) is 0 Å². The van der Waals surface area contributed by atoms with Crippen LogP contribution in [0.4, 0.5) is 0 Å². The predicted molar refractivity (Wildman–Crippen MR) is 81.2 cm³/mol. The molecule has 0 aliphatic heterocycles. The zero-order chi connectivity index (χ0) is 13.5. The van der Waals surface area contributed by atoms with E-state index in [9.17, 15) is 0 Å². The molecule has 0 atom stereocenters. The average molecular weight is 252 g/mol. The van der Waals surface area contributed by atoms with E-state index in [-0.39, 0.29) is 0 Å². The largest absolute Gasteiger partial charge is 0.232 e. The second-order valence-corrected chi connectivity index (χ2v) is 4.88. The Morgan fingerprint density at radius 1 is 0.579 bits per heavy atom. The van der Waals surface area contributed by atoms with Crippen LogP contribution in [-0.2, 0) is 25.9 Å². The summed E-state index contributed by atoms with van der Waals surface area (Å²) < 4.78 is 0. The van der Waals surface area contributed by atoms with E-state index in [1.807, 2.05) is 0 Å². The molecule has 1 heteroatoms. The molecule has 1 radical (unpaired) electrons. The lowest BCUT2D eigenvalue weighted by atomic mass is 10.1. The highest BCUT2D eigenvalue weighted by Gasteiger charge is 1.97. The highest BCUT2D eigenvalue weighted by atomic mass is 14.8.